The van der Waals surface area contributed by atoms with Gasteiger partial charge in [-0.2, -0.15) is 0 Å². The second-order valence-corrected chi connectivity index (χ2v) is 2.87. The van der Waals surface area contributed by atoms with Gasteiger partial charge in [-0.1, -0.05) is 30.0 Å². The third kappa shape index (κ3) is 2.95. The highest BCUT2D eigenvalue weighted by Crippen LogP contribution is 2.04. The molecule has 0 heterocycles. The molecule has 0 N–H and O–H groups in total. The third-order valence-corrected chi connectivity index (χ3v) is 1.83. The molecule has 0 fully saturated rings. The van der Waals surface area contributed by atoms with Crippen LogP contribution in [0.5, 0.6) is 0 Å². The Morgan fingerprint density at radius 3 is 2.79 bits per heavy atom. The summed E-state index contributed by atoms with van der Waals surface area (Å²) in [6.45, 7) is 1.99. The lowest BCUT2D eigenvalue weighted by atomic mass is 10.1. The standard InChI is InChI=1S/C12H12O2/c1-10-6-3-4-7-11(10)8-5-9-12(13)14-2/h3-4,6-7H,9H2,1-2H3. The molecule has 0 saturated carbocycles. The van der Waals surface area contributed by atoms with Crippen molar-refractivity contribution in [2.24, 2.45) is 0 Å². The first-order valence-electron chi connectivity index (χ1n) is 4.35. The first kappa shape index (κ1) is 10.3. The van der Waals surface area contributed by atoms with Crippen LogP contribution in [0.2, 0.25) is 0 Å². The zero-order valence-electron chi connectivity index (χ0n) is 8.33. The number of rotatable bonds is 1. The van der Waals surface area contributed by atoms with E-state index in [1.807, 2.05) is 31.2 Å². The number of hydrogen-bond acceptors (Lipinski definition) is 2. The fourth-order valence-electron chi connectivity index (χ4n) is 0.997. The lowest BCUT2D eigenvalue weighted by Gasteiger charge is -1.94. The molecule has 0 radical (unpaired) electrons. The maximum absolute atomic E-state index is 10.8. The minimum atomic E-state index is -0.300. The predicted octanol–water partition coefficient (Wildman–Crippen LogP) is 1.91. The maximum Gasteiger partial charge on any atom is 0.317 e. The van der Waals surface area contributed by atoms with Gasteiger partial charge >= 0.3 is 5.97 Å². The molecule has 1 aromatic rings. The maximum atomic E-state index is 10.8. The van der Waals surface area contributed by atoms with E-state index in [0.717, 1.165) is 11.1 Å². The number of benzene rings is 1. The molecule has 0 aliphatic heterocycles. The first-order valence-corrected chi connectivity index (χ1v) is 4.35. The molecule has 2 nitrogen and oxygen atoms in total. The molecule has 0 aromatic heterocycles. The van der Waals surface area contributed by atoms with Crippen molar-refractivity contribution in [1.29, 1.82) is 0 Å². The second-order valence-electron chi connectivity index (χ2n) is 2.87. The predicted molar refractivity (Wildman–Crippen MR) is 54.7 cm³/mol. The number of ether oxygens (including phenoxy) is 1. The summed E-state index contributed by atoms with van der Waals surface area (Å²) in [5.74, 6) is 5.40. The highest BCUT2D eigenvalue weighted by Gasteiger charge is 1.94. The SMILES string of the molecule is COC(=O)CC#Cc1ccccc1C. The van der Waals surface area contributed by atoms with Gasteiger partial charge in [-0.3, -0.25) is 4.79 Å². The van der Waals surface area contributed by atoms with Crippen molar-refractivity contribution in [3.63, 3.8) is 0 Å². The van der Waals surface area contributed by atoms with E-state index >= 15 is 0 Å². The molecule has 0 unspecified atom stereocenters. The first-order chi connectivity index (χ1) is 6.74. The van der Waals surface area contributed by atoms with Crippen molar-refractivity contribution in [2.75, 3.05) is 7.11 Å². The largest absolute Gasteiger partial charge is 0.468 e. The van der Waals surface area contributed by atoms with Crippen LogP contribution in [-0.4, -0.2) is 13.1 Å². The Hall–Kier alpha value is -1.75. The Labute approximate surface area is 83.9 Å². The Balaban J connectivity index is 2.68. The van der Waals surface area contributed by atoms with Crippen LogP contribution in [0.1, 0.15) is 17.5 Å². The molecule has 0 bridgehead atoms. The minimum Gasteiger partial charge on any atom is -0.468 e. The number of methoxy groups -OCH3 is 1. The van der Waals surface area contributed by atoms with E-state index < -0.39 is 0 Å². The zero-order valence-corrected chi connectivity index (χ0v) is 8.33. The summed E-state index contributed by atoms with van der Waals surface area (Å²) in [5.41, 5.74) is 2.07. The molecule has 0 spiro atoms. The smallest absolute Gasteiger partial charge is 0.317 e. The van der Waals surface area contributed by atoms with Crippen LogP contribution in [-0.2, 0) is 9.53 Å². The molecule has 14 heavy (non-hydrogen) atoms. The van der Waals surface area contributed by atoms with Gasteiger partial charge in [0, 0.05) is 5.56 Å². The Morgan fingerprint density at radius 2 is 2.14 bits per heavy atom. The summed E-state index contributed by atoms with van der Waals surface area (Å²) in [6, 6.07) is 7.80. The van der Waals surface area contributed by atoms with E-state index in [1.54, 1.807) is 0 Å². The quantitative estimate of drug-likeness (QED) is 0.497. The van der Waals surface area contributed by atoms with Crippen molar-refractivity contribution < 1.29 is 9.53 Å². The van der Waals surface area contributed by atoms with E-state index in [9.17, 15) is 4.79 Å². The molecular weight excluding hydrogens is 176 g/mol. The number of esters is 1. The van der Waals surface area contributed by atoms with Crippen LogP contribution in [0.15, 0.2) is 24.3 Å². The summed E-state index contributed by atoms with van der Waals surface area (Å²) < 4.78 is 4.48. The Bertz CT molecular complexity index is 383. The average molecular weight is 188 g/mol. The van der Waals surface area contributed by atoms with Gasteiger partial charge in [0.2, 0.25) is 0 Å². The highest BCUT2D eigenvalue weighted by molar-refractivity contribution is 5.72. The fourth-order valence-corrected chi connectivity index (χ4v) is 0.997. The van der Waals surface area contributed by atoms with E-state index in [4.69, 9.17) is 0 Å². The normalized spacial score (nSPS) is 8.71. The molecule has 0 aliphatic rings. The van der Waals surface area contributed by atoms with Crippen molar-refractivity contribution in [1.82, 2.24) is 0 Å². The Kier molecular flexibility index (Phi) is 3.75. The summed E-state index contributed by atoms with van der Waals surface area (Å²) in [7, 11) is 1.36. The number of carbonyl (C=O) groups excluding carboxylic acids is 1. The van der Waals surface area contributed by atoms with Gasteiger partial charge in [0.1, 0.15) is 6.42 Å². The van der Waals surface area contributed by atoms with E-state index in [2.05, 4.69) is 16.6 Å². The van der Waals surface area contributed by atoms with E-state index in [-0.39, 0.29) is 12.4 Å². The topological polar surface area (TPSA) is 26.3 Å². The number of aryl methyl sites for hydroxylation is 1. The molecule has 0 aliphatic carbocycles. The molecule has 0 atom stereocenters. The molecule has 1 rings (SSSR count). The van der Waals surface area contributed by atoms with Crippen LogP contribution in [0.3, 0.4) is 0 Å². The van der Waals surface area contributed by atoms with Crippen LogP contribution in [0, 0.1) is 18.8 Å². The lowest BCUT2D eigenvalue weighted by molar-refractivity contribution is -0.139. The molecule has 0 saturated heterocycles. The van der Waals surface area contributed by atoms with Crippen LogP contribution >= 0.6 is 0 Å². The van der Waals surface area contributed by atoms with Gasteiger partial charge in [-0.25, -0.2) is 0 Å². The van der Waals surface area contributed by atoms with Crippen molar-refractivity contribution in [3.8, 4) is 11.8 Å². The van der Waals surface area contributed by atoms with Crippen LogP contribution in [0.25, 0.3) is 0 Å². The number of carbonyl (C=O) groups is 1. The summed E-state index contributed by atoms with van der Waals surface area (Å²) in [6.07, 6.45) is 0.144. The molecule has 72 valence electrons. The monoisotopic (exact) mass is 188 g/mol. The van der Waals surface area contributed by atoms with Crippen molar-refractivity contribution in [3.05, 3.63) is 35.4 Å². The highest BCUT2D eigenvalue weighted by atomic mass is 16.5. The van der Waals surface area contributed by atoms with E-state index in [0.29, 0.717) is 0 Å². The van der Waals surface area contributed by atoms with Crippen molar-refractivity contribution in [2.45, 2.75) is 13.3 Å². The Morgan fingerprint density at radius 1 is 1.43 bits per heavy atom. The zero-order chi connectivity index (χ0) is 10.4. The summed E-state index contributed by atoms with van der Waals surface area (Å²) in [5, 5.41) is 0. The van der Waals surface area contributed by atoms with Crippen LogP contribution in [0.4, 0.5) is 0 Å². The van der Waals surface area contributed by atoms with Gasteiger partial charge in [-0.15, -0.1) is 0 Å². The van der Waals surface area contributed by atoms with Gasteiger partial charge in [-0.05, 0) is 18.6 Å². The minimum absolute atomic E-state index is 0.144. The lowest BCUT2D eigenvalue weighted by Crippen LogP contribution is -1.97. The number of hydrogen-bond donors (Lipinski definition) is 0. The summed E-state index contributed by atoms with van der Waals surface area (Å²) in [4.78, 5) is 10.8. The summed E-state index contributed by atoms with van der Waals surface area (Å²) >= 11 is 0. The molecule has 0 amide bonds. The van der Waals surface area contributed by atoms with Crippen molar-refractivity contribution >= 4 is 5.97 Å². The molecule has 1 aromatic carbocycles. The average Bonchev–Trinajstić information content (AvgIpc) is 2.20. The third-order valence-electron chi connectivity index (χ3n) is 1.83. The van der Waals surface area contributed by atoms with Gasteiger partial charge in [0.25, 0.3) is 0 Å². The van der Waals surface area contributed by atoms with Gasteiger partial charge in [0.15, 0.2) is 0 Å². The van der Waals surface area contributed by atoms with Gasteiger partial charge in [0.05, 0.1) is 7.11 Å². The van der Waals surface area contributed by atoms with Crippen LogP contribution < -0.4 is 0 Å². The van der Waals surface area contributed by atoms with Gasteiger partial charge < -0.3 is 4.74 Å². The fraction of sp³-hybridized carbons (Fsp3) is 0.250. The second kappa shape index (κ2) is 5.08. The van der Waals surface area contributed by atoms with E-state index in [1.165, 1.54) is 7.11 Å². The molecule has 2 heteroatoms. The molecular formula is C12H12O2.